The Bertz CT molecular complexity index is 1060. The Labute approximate surface area is 182 Å². The largest absolute Gasteiger partial charge is 0.339 e. The molecule has 1 heterocycles. The minimum absolute atomic E-state index is 0.00468. The van der Waals surface area contributed by atoms with Crippen LogP contribution >= 0.6 is 15.9 Å². The molecule has 0 aromatic heterocycles. The zero-order valence-corrected chi connectivity index (χ0v) is 18.6. The number of rotatable bonds is 4. The lowest BCUT2D eigenvalue weighted by Crippen LogP contribution is -2.57. The van der Waals surface area contributed by atoms with Gasteiger partial charge in [0.15, 0.2) is 0 Å². The van der Waals surface area contributed by atoms with E-state index in [1.54, 1.807) is 4.90 Å². The standard InChI is InChI=1S/C21H21BrF2N2O3S/c22-16-4-2-15(3-5-16)21(8-1-9-21)20(27)25-10-12-26(13-11-25)30(28,29)19-14-17(23)6-7-18(19)24/h2-7,14H,1,8-13H2. The topological polar surface area (TPSA) is 57.7 Å². The van der Waals surface area contributed by atoms with Gasteiger partial charge in [0, 0.05) is 30.7 Å². The third-order valence-corrected chi connectivity index (χ3v) is 8.49. The summed E-state index contributed by atoms with van der Waals surface area (Å²) in [7, 11) is -4.17. The van der Waals surface area contributed by atoms with Crippen LogP contribution in [-0.2, 0) is 20.2 Å². The third-order valence-electron chi connectivity index (χ3n) is 6.05. The molecule has 0 atom stereocenters. The van der Waals surface area contributed by atoms with E-state index >= 15 is 0 Å². The fourth-order valence-electron chi connectivity index (χ4n) is 4.17. The van der Waals surface area contributed by atoms with Crippen molar-refractivity contribution in [2.75, 3.05) is 26.2 Å². The number of carbonyl (C=O) groups excluding carboxylic acids is 1. The number of nitrogens with zero attached hydrogens (tertiary/aromatic N) is 2. The molecule has 2 fully saturated rings. The highest BCUT2D eigenvalue weighted by atomic mass is 79.9. The molecule has 1 aliphatic heterocycles. The second-order valence-electron chi connectivity index (χ2n) is 7.71. The van der Waals surface area contributed by atoms with Gasteiger partial charge < -0.3 is 4.90 Å². The van der Waals surface area contributed by atoms with E-state index < -0.39 is 32.0 Å². The predicted molar refractivity (Wildman–Crippen MR) is 111 cm³/mol. The van der Waals surface area contributed by atoms with Gasteiger partial charge in [-0.25, -0.2) is 17.2 Å². The summed E-state index contributed by atoms with van der Waals surface area (Å²) < 4.78 is 55.1. The minimum Gasteiger partial charge on any atom is -0.339 e. The molecule has 1 aliphatic carbocycles. The van der Waals surface area contributed by atoms with Gasteiger partial charge in [-0.2, -0.15) is 4.31 Å². The molecule has 1 saturated carbocycles. The summed E-state index contributed by atoms with van der Waals surface area (Å²) in [5.74, 6) is -1.80. The van der Waals surface area contributed by atoms with Crippen molar-refractivity contribution in [2.24, 2.45) is 0 Å². The maximum absolute atomic E-state index is 14.0. The molecule has 2 aromatic rings. The maximum atomic E-state index is 14.0. The molecule has 5 nitrogen and oxygen atoms in total. The van der Waals surface area contributed by atoms with E-state index in [0.717, 1.165) is 45.7 Å². The van der Waals surface area contributed by atoms with E-state index in [0.29, 0.717) is 6.07 Å². The van der Waals surface area contributed by atoms with Crippen molar-refractivity contribution in [2.45, 2.75) is 29.6 Å². The summed E-state index contributed by atoms with van der Waals surface area (Å²) in [6.45, 7) is 0.515. The van der Waals surface area contributed by atoms with Crippen molar-refractivity contribution in [1.82, 2.24) is 9.21 Å². The van der Waals surface area contributed by atoms with E-state index in [1.807, 2.05) is 24.3 Å². The molecule has 0 radical (unpaired) electrons. The van der Waals surface area contributed by atoms with Crippen LogP contribution in [0.3, 0.4) is 0 Å². The van der Waals surface area contributed by atoms with E-state index in [9.17, 15) is 22.0 Å². The number of amides is 1. The molecule has 0 bridgehead atoms. The van der Waals surface area contributed by atoms with Gasteiger partial charge in [-0.1, -0.05) is 34.5 Å². The minimum atomic E-state index is -4.17. The number of halogens is 3. The molecule has 2 aliphatic rings. The van der Waals surface area contributed by atoms with Gasteiger partial charge in [0.1, 0.15) is 16.5 Å². The lowest BCUT2D eigenvalue weighted by molar-refractivity contribution is -0.142. The van der Waals surface area contributed by atoms with Gasteiger partial charge in [-0.3, -0.25) is 4.79 Å². The van der Waals surface area contributed by atoms with Gasteiger partial charge in [0.2, 0.25) is 15.9 Å². The summed E-state index contributed by atoms with van der Waals surface area (Å²) in [5, 5.41) is 0. The molecule has 2 aromatic carbocycles. The van der Waals surface area contributed by atoms with Crippen LogP contribution in [0, 0.1) is 11.6 Å². The Balaban J connectivity index is 1.49. The quantitative estimate of drug-likeness (QED) is 0.645. The van der Waals surface area contributed by atoms with Crippen molar-refractivity contribution >= 4 is 31.9 Å². The van der Waals surface area contributed by atoms with Crippen LogP contribution < -0.4 is 0 Å². The molecule has 0 spiro atoms. The zero-order valence-electron chi connectivity index (χ0n) is 16.2. The van der Waals surface area contributed by atoms with Crippen LogP contribution in [-0.4, -0.2) is 49.7 Å². The van der Waals surface area contributed by atoms with Crippen LogP contribution in [0.1, 0.15) is 24.8 Å². The van der Waals surface area contributed by atoms with Gasteiger partial charge >= 0.3 is 0 Å². The average molecular weight is 499 g/mol. The lowest BCUT2D eigenvalue weighted by Gasteiger charge is -2.46. The Morgan fingerprint density at radius 2 is 1.60 bits per heavy atom. The summed E-state index contributed by atoms with van der Waals surface area (Å²) >= 11 is 3.41. The number of sulfonamides is 1. The molecule has 9 heteroatoms. The third kappa shape index (κ3) is 3.67. The predicted octanol–water partition coefficient (Wildman–Crippen LogP) is 3.68. The number of hydrogen-bond donors (Lipinski definition) is 0. The van der Waals surface area contributed by atoms with Crippen LogP contribution in [0.5, 0.6) is 0 Å². The van der Waals surface area contributed by atoms with Crippen molar-refractivity contribution < 1.29 is 22.0 Å². The Morgan fingerprint density at radius 3 is 2.17 bits per heavy atom. The highest BCUT2D eigenvalue weighted by Gasteiger charge is 2.48. The highest BCUT2D eigenvalue weighted by molar-refractivity contribution is 9.10. The average Bonchev–Trinajstić information content (AvgIpc) is 2.70. The van der Waals surface area contributed by atoms with E-state index in [-0.39, 0.29) is 32.1 Å². The van der Waals surface area contributed by atoms with Crippen LogP contribution in [0.2, 0.25) is 0 Å². The highest BCUT2D eigenvalue weighted by Crippen LogP contribution is 2.45. The molecular weight excluding hydrogens is 478 g/mol. The van der Waals surface area contributed by atoms with Crippen molar-refractivity contribution in [3.63, 3.8) is 0 Å². The summed E-state index contributed by atoms with van der Waals surface area (Å²) in [6, 6.07) is 10.1. The molecule has 4 rings (SSSR count). The SMILES string of the molecule is O=C(N1CCN(S(=O)(=O)c2cc(F)ccc2F)CC1)C1(c2ccc(Br)cc2)CCC1. The number of carbonyl (C=O) groups is 1. The molecule has 30 heavy (non-hydrogen) atoms. The Kier molecular flexibility index (Phi) is 5.71. The van der Waals surface area contributed by atoms with Gasteiger partial charge in [0.05, 0.1) is 5.41 Å². The first-order chi connectivity index (χ1) is 14.2. The monoisotopic (exact) mass is 498 g/mol. The van der Waals surface area contributed by atoms with Gasteiger partial charge in [-0.15, -0.1) is 0 Å². The zero-order chi connectivity index (χ0) is 21.5. The van der Waals surface area contributed by atoms with E-state index in [2.05, 4.69) is 15.9 Å². The summed E-state index contributed by atoms with van der Waals surface area (Å²) in [5.41, 5.74) is 0.412. The molecule has 1 saturated heterocycles. The van der Waals surface area contributed by atoms with Crippen LogP contribution in [0.15, 0.2) is 51.8 Å². The first-order valence-electron chi connectivity index (χ1n) is 9.75. The molecule has 160 valence electrons. The maximum Gasteiger partial charge on any atom is 0.246 e. The number of benzene rings is 2. The molecule has 0 N–H and O–H groups in total. The lowest BCUT2D eigenvalue weighted by atomic mass is 9.63. The number of hydrogen-bond acceptors (Lipinski definition) is 3. The molecule has 1 amide bonds. The van der Waals surface area contributed by atoms with Crippen LogP contribution in [0.25, 0.3) is 0 Å². The summed E-state index contributed by atoms with van der Waals surface area (Å²) in [4.78, 5) is 14.4. The fraction of sp³-hybridized carbons (Fsp3) is 0.381. The second-order valence-corrected chi connectivity index (χ2v) is 10.5. The Hall–Kier alpha value is -1.84. The molecular formula is C21H21BrF2N2O3S. The van der Waals surface area contributed by atoms with Crippen molar-refractivity contribution in [3.05, 3.63) is 64.1 Å². The van der Waals surface area contributed by atoms with Crippen molar-refractivity contribution in [3.8, 4) is 0 Å². The normalized spacial score (nSPS) is 19.4. The molecule has 0 unspecified atom stereocenters. The first-order valence-corrected chi connectivity index (χ1v) is 12.0. The van der Waals surface area contributed by atoms with Crippen LogP contribution in [0.4, 0.5) is 8.78 Å². The second kappa shape index (κ2) is 8.01. The van der Waals surface area contributed by atoms with E-state index in [1.165, 1.54) is 0 Å². The van der Waals surface area contributed by atoms with Crippen molar-refractivity contribution in [1.29, 1.82) is 0 Å². The Morgan fingerprint density at radius 1 is 0.967 bits per heavy atom. The summed E-state index contributed by atoms with van der Waals surface area (Å²) in [6.07, 6.45) is 2.50. The van der Waals surface area contributed by atoms with Gasteiger partial charge in [-0.05, 0) is 48.7 Å². The van der Waals surface area contributed by atoms with E-state index in [4.69, 9.17) is 0 Å². The number of piperazine rings is 1. The smallest absolute Gasteiger partial charge is 0.246 e. The fourth-order valence-corrected chi connectivity index (χ4v) is 5.94. The first kappa shape index (κ1) is 21.4. The van der Waals surface area contributed by atoms with Gasteiger partial charge in [0.25, 0.3) is 0 Å².